The molecule has 1 N–H and O–H groups in total. The highest BCUT2D eigenvalue weighted by molar-refractivity contribution is 6.36. The van der Waals surface area contributed by atoms with Gasteiger partial charge < -0.3 is 10.1 Å². The van der Waals surface area contributed by atoms with Gasteiger partial charge in [-0.3, -0.25) is 9.59 Å². The van der Waals surface area contributed by atoms with Crippen LogP contribution in [-0.4, -0.2) is 24.5 Å². The Morgan fingerprint density at radius 2 is 1.73 bits per heavy atom. The van der Waals surface area contributed by atoms with Crippen LogP contribution < -0.4 is 5.32 Å². The van der Waals surface area contributed by atoms with E-state index >= 15 is 0 Å². The van der Waals surface area contributed by atoms with Gasteiger partial charge in [-0.1, -0.05) is 41.4 Å². The maximum atomic E-state index is 12.8. The fourth-order valence-electron chi connectivity index (χ4n) is 2.26. The van der Waals surface area contributed by atoms with E-state index in [0.717, 1.165) is 5.56 Å². The largest absolute Gasteiger partial charge is 0.452 e. The fourth-order valence-corrected chi connectivity index (χ4v) is 2.79. The number of nitrogens with one attached hydrogen (secondary N) is 1. The van der Waals surface area contributed by atoms with E-state index in [0.29, 0.717) is 28.6 Å². The van der Waals surface area contributed by atoms with E-state index in [4.69, 9.17) is 27.9 Å². The van der Waals surface area contributed by atoms with Crippen molar-refractivity contribution in [3.05, 3.63) is 69.5 Å². The monoisotopic (exact) mass is 397 g/mol. The second kappa shape index (κ2) is 9.55. The van der Waals surface area contributed by atoms with E-state index in [2.05, 4.69) is 5.32 Å². The Morgan fingerprint density at radius 3 is 2.35 bits per heavy atom. The van der Waals surface area contributed by atoms with E-state index in [1.165, 1.54) is 19.1 Å². The van der Waals surface area contributed by atoms with Gasteiger partial charge in [0.25, 0.3) is 5.91 Å². The number of amides is 1. The van der Waals surface area contributed by atoms with Gasteiger partial charge in [0.15, 0.2) is 6.10 Å². The number of esters is 1. The number of carbonyl (C=O) groups excluding carboxylic acids is 2. The van der Waals surface area contributed by atoms with Gasteiger partial charge in [0, 0.05) is 22.2 Å². The molecule has 0 fully saturated rings. The summed E-state index contributed by atoms with van der Waals surface area (Å²) < 4.78 is 18.0. The first kappa shape index (κ1) is 20.2. The molecule has 2 aromatic rings. The highest BCUT2D eigenvalue weighted by Gasteiger charge is 2.19. The maximum Gasteiger partial charge on any atom is 0.311 e. The standard InChI is InChI=1S/C19H18Cl2FNO3/c1-12(19(25)23-10-9-13-5-7-14(22)8-6-13)26-18(24)11-15-16(20)3-2-4-17(15)21/h2-8,12H,9-11H2,1H3,(H,23,25)/t12-/m1/s1. The molecule has 0 spiro atoms. The fraction of sp³-hybridized carbons (Fsp3) is 0.263. The molecule has 1 amide bonds. The van der Waals surface area contributed by atoms with Crippen LogP contribution in [0.5, 0.6) is 0 Å². The molecule has 0 aliphatic rings. The molecule has 2 rings (SSSR count). The maximum absolute atomic E-state index is 12.8. The van der Waals surface area contributed by atoms with Crippen molar-refractivity contribution in [2.24, 2.45) is 0 Å². The average molecular weight is 398 g/mol. The van der Waals surface area contributed by atoms with Gasteiger partial charge in [-0.2, -0.15) is 0 Å². The summed E-state index contributed by atoms with van der Waals surface area (Å²) in [5.74, 6) is -1.32. The number of halogens is 3. The lowest BCUT2D eigenvalue weighted by molar-refractivity contribution is -0.154. The summed E-state index contributed by atoms with van der Waals surface area (Å²) in [4.78, 5) is 24.0. The Labute approximate surface area is 161 Å². The third-order valence-electron chi connectivity index (χ3n) is 3.69. The van der Waals surface area contributed by atoms with E-state index in [1.54, 1.807) is 30.3 Å². The first-order chi connectivity index (χ1) is 12.4. The van der Waals surface area contributed by atoms with Crippen LogP contribution in [-0.2, 0) is 27.2 Å². The molecule has 0 aromatic heterocycles. The van der Waals surface area contributed by atoms with E-state index in [1.807, 2.05) is 0 Å². The zero-order chi connectivity index (χ0) is 19.1. The number of ether oxygens (including phenoxy) is 1. The third-order valence-corrected chi connectivity index (χ3v) is 4.39. The lowest BCUT2D eigenvalue weighted by Crippen LogP contribution is -2.37. The van der Waals surface area contributed by atoms with Crippen molar-refractivity contribution < 1.29 is 18.7 Å². The van der Waals surface area contributed by atoms with Crippen LogP contribution in [0.3, 0.4) is 0 Å². The third kappa shape index (κ3) is 6.00. The molecule has 1 atom stereocenters. The van der Waals surface area contributed by atoms with Gasteiger partial charge in [0.2, 0.25) is 0 Å². The Hall–Kier alpha value is -2.11. The molecule has 2 aromatic carbocycles. The molecule has 0 aliphatic heterocycles. The van der Waals surface area contributed by atoms with E-state index < -0.39 is 18.0 Å². The molecule has 0 saturated heterocycles. The normalized spacial score (nSPS) is 11.7. The summed E-state index contributed by atoms with van der Waals surface area (Å²) in [7, 11) is 0. The molecule has 0 aliphatic carbocycles. The van der Waals surface area contributed by atoms with Gasteiger partial charge in [-0.05, 0) is 43.2 Å². The number of carbonyl (C=O) groups is 2. The molecule has 4 nitrogen and oxygen atoms in total. The van der Waals surface area contributed by atoms with E-state index in [-0.39, 0.29) is 12.2 Å². The molecular formula is C19H18Cl2FNO3. The van der Waals surface area contributed by atoms with Crippen LogP contribution in [0.15, 0.2) is 42.5 Å². The second-order valence-electron chi connectivity index (χ2n) is 5.68. The van der Waals surface area contributed by atoms with Gasteiger partial charge in [0.1, 0.15) is 5.82 Å². The van der Waals surface area contributed by atoms with Crippen LogP contribution >= 0.6 is 23.2 Å². The van der Waals surface area contributed by atoms with Crippen LogP contribution in [0, 0.1) is 5.82 Å². The Bertz CT molecular complexity index is 761. The summed E-state index contributed by atoms with van der Waals surface area (Å²) in [5.41, 5.74) is 1.36. The first-order valence-electron chi connectivity index (χ1n) is 8.01. The highest BCUT2D eigenvalue weighted by atomic mass is 35.5. The summed E-state index contributed by atoms with van der Waals surface area (Å²) in [5, 5.41) is 3.41. The predicted molar refractivity (Wildman–Crippen MR) is 98.8 cm³/mol. The van der Waals surface area contributed by atoms with Crippen LogP contribution in [0.4, 0.5) is 4.39 Å². The van der Waals surface area contributed by atoms with Crippen molar-refractivity contribution >= 4 is 35.1 Å². The minimum absolute atomic E-state index is 0.119. The molecule has 7 heteroatoms. The van der Waals surface area contributed by atoms with Crippen molar-refractivity contribution in [3.8, 4) is 0 Å². The van der Waals surface area contributed by atoms with Crippen molar-refractivity contribution in [3.63, 3.8) is 0 Å². The number of hydrogen-bond donors (Lipinski definition) is 1. The summed E-state index contributed by atoms with van der Waals surface area (Å²) in [6.07, 6.45) is -0.523. The summed E-state index contributed by atoms with van der Waals surface area (Å²) in [6.45, 7) is 1.84. The van der Waals surface area contributed by atoms with Crippen LogP contribution in [0.25, 0.3) is 0 Å². The lowest BCUT2D eigenvalue weighted by Gasteiger charge is -2.14. The minimum atomic E-state index is -0.947. The smallest absolute Gasteiger partial charge is 0.311 e. The highest BCUT2D eigenvalue weighted by Crippen LogP contribution is 2.25. The summed E-state index contributed by atoms with van der Waals surface area (Å²) >= 11 is 12.0. The molecule has 26 heavy (non-hydrogen) atoms. The molecule has 138 valence electrons. The summed E-state index contributed by atoms with van der Waals surface area (Å²) in [6, 6.07) is 11.0. The Kier molecular flexibility index (Phi) is 7.42. The van der Waals surface area contributed by atoms with Crippen molar-refractivity contribution in [2.45, 2.75) is 25.9 Å². The van der Waals surface area contributed by atoms with Crippen molar-refractivity contribution in [1.29, 1.82) is 0 Å². The van der Waals surface area contributed by atoms with E-state index in [9.17, 15) is 14.0 Å². The average Bonchev–Trinajstić information content (AvgIpc) is 2.60. The molecule has 0 unspecified atom stereocenters. The van der Waals surface area contributed by atoms with Crippen molar-refractivity contribution in [1.82, 2.24) is 5.32 Å². The topological polar surface area (TPSA) is 55.4 Å². The second-order valence-corrected chi connectivity index (χ2v) is 6.49. The van der Waals surface area contributed by atoms with Crippen LogP contribution in [0.2, 0.25) is 10.0 Å². The van der Waals surface area contributed by atoms with Crippen LogP contribution in [0.1, 0.15) is 18.1 Å². The SMILES string of the molecule is C[C@@H](OC(=O)Cc1c(Cl)cccc1Cl)C(=O)NCCc1ccc(F)cc1. The zero-order valence-electron chi connectivity index (χ0n) is 14.1. The Morgan fingerprint density at radius 1 is 1.12 bits per heavy atom. The van der Waals surface area contributed by atoms with Gasteiger partial charge in [-0.15, -0.1) is 0 Å². The van der Waals surface area contributed by atoms with Gasteiger partial charge in [-0.25, -0.2) is 4.39 Å². The first-order valence-corrected chi connectivity index (χ1v) is 8.77. The molecule has 0 bridgehead atoms. The molecular weight excluding hydrogens is 380 g/mol. The molecule has 0 heterocycles. The molecule has 0 saturated carbocycles. The zero-order valence-corrected chi connectivity index (χ0v) is 15.6. The minimum Gasteiger partial charge on any atom is -0.452 e. The number of benzene rings is 2. The Balaban J connectivity index is 1.79. The number of hydrogen-bond acceptors (Lipinski definition) is 3. The predicted octanol–water partition coefficient (Wildman–Crippen LogP) is 3.97. The van der Waals surface area contributed by atoms with Gasteiger partial charge >= 0.3 is 5.97 Å². The molecule has 0 radical (unpaired) electrons. The van der Waals surface area contributed by atoms with Gasteiger partial charge in [0.05, 0.1) is 6.42 Å². The number of rotatable bonds is 7. The van der Waals surface area contributed by atoms with Crippen molar-refractivity contribution in [2.75, 3.05) is 6.54 Å². The lowest BCUT2D eigenvalue weighted by atomic mass is 10.1. The quantitative estimate of drug-likeness (QED) is 0.719.